The molecule has 0 unspecified atom stereocenters. The quantitative estimate of drug-likeness (QED) is 0.835. The predicted octanol–water partition coefficient (Wildman–Crippen LogP) is 3.55. The molecule has 1 amide bonds. The van der Waals surface area contributed by atoms with Gasteiger partial charge in [-0.2, -0.15) is 0 Å². The zero-order chi connectivity index (χ0) is 15.9. The van der Waals surface area contributed by atoms with Crippen LogP contribution >= 0.6 is 0 Å². The van der Waals surface area contributed by atoms with Crippen LogP contribution in [0.2, 0.25) is 0 Å². The van der Waals surface area contributed by atoms with Crippen LogP contribution in [0.5, 0.6) is 0 Å². The van der Waals surface area contributed by atoms with Gasteiger partial charge in [0.15, 0.2) is 5.78 Å². The highest BCUT2D eigenvalue weighted by atomic mass is 16.5. The Labute approximate surface area is 126 Å². The summed E-state index contributed by atoms with van der Waals surface area (Å²) in [6.07, 6.45) is -0.113. The first-order chi connectivity index (χ1) is 9.81. The number of hydrogen-bond acceptors (Lipinski definition) is 3. The van der Waals surface area contributed by atoms with E-state index in [0.29, 0.717) is 12.3 Å². The second-order valence-electron chi connectivity index (χ2n) is 6.27. The molecule has 1 rings (SSSR count). The first kappa shape index (κ1) is 17.2. The molecule has 0 radical (unpaired) electrons. The number of hydrogen-bond donors (Lipinski definition) is 1. The molecular formula is C17H25NO3. The summed E-state index contributed by atoms with van der Waals surface area (Å²) in [5.74, 6) is 0.428. The number of amides is 1. The molecule has 0 saturated heterocycles. The van der Waals surface area contributed by atoms with Gasteiger partial charge in [-0.3, -0.25) is 4.79 Å². The third-order valence-corrected chi connectivity index (χ3v) is 3.86. The minimum atomic E-state index is -0.561. The van der Waals surface area contributed by atoms with Gasteiger partial charge in [-0.25, -0.2) is 4.79 Å². The lowest BCUT2D eigenvalue weighted by atomic mass is 9.77. The van der Waals surface area contributed by atoms with E-state index in [1.807, 2.05) is 30.3 Å². The number of carbonyl (C=O) groups excluding carboxylic acids is 2. The van der Waals surface area contributed by atoms with Crippen molar-refractivity contribution in [3.05, 3.63) is 35.9 Å². The van der Waals surface area contributed by atoms with Crippen LogP contribution in [0, 0.1) is 11.3 Å². The number of nitrogens with one attached hydrogen (secondary N) is 1. The molecule has 4 nitrogen and oxygen atoms in total. The number of alkyl carbamates (subject to hydrolysis) is 1. The predicted molar refractivity (Wildman–Crippen MR) is 82.9 cm³/mol. The summed E-state index contributed by atoms with van der Waals surface area (Å²) in [6.45, 7) is 8.53. The van der Waals surface area contributed by atoms with Crippen LogP contribution in [0.4, 0.5) is 4.79 Å². The molecule has 1 aromatic carbocycles. The largest absolute Gasteiger partial charge is 0.445 e. The van der Waals surface area contributed by atoms with E-state index in [1.165, 1.54) is 0 Å². The summed E-state index contributed by atoms with van der Waals surface area (Å²) < 4.78 is 5.05. The van der Waals surface area contributed by atoms with Gasteiger partial charge in [0.2, 0.25) is 0 Å². The molecule has 0 bridgehead atoms. The van der Waals surface area contributed by atoms with Gasteiger partial charge in [0.25, 0.3) is 0 Å². The second-order valence-corrected chi connectivity index (χ2v) is 6.27. The third-order valence-electron chi connectivity index (χ3n) is 3.86. The molecular weight excluding hydrogens is 266 g/mol. The Morgan fingerprint density at radius 3 is 2.38 bits per heavy atom. The Morgan fingerprint density at radius 1 is 1.19 bits per heavy atom. The highest BCUT2D eigenvalue weighted by molar-refractivity contribution is 5.84. The van der Waals surface area contributed by atoms with E-state index in [0.717, 1.165) is 5.56 Å². The minimum Gasteiger partial charge on any atom is -0.445 e. The maximum atomic E-state index is 11.9. The van der Waals surface area contributed by atoms with Crippen LogP contribution in [0.25, 0.3) is 0 Å². The number of ether oxygens (including phenoxy) is 1. The number of Topliss-reactive ketones (excluding diaryl/α,β-unsaturated/α-hetero) is 1. The average molecular weight is 291 g/mol. The molecule has 0 saturated carbocycles. The van der Waals surface area contributed by atoms with E-state index in [2.05, 4.69) is 33.0 Å². The Hall–Kier alpha value is -1.84. The van der Waals surface area contributed by atoms with Crippen LogP contribution in [-0.2, 0) is 16.1 Å². The lowest BCUT2D eigenvalue weighted by molar-refractivity contribution is -0.120. The molecule has 0 aliphatic carbocycles. The van der Waals surface area contributed by atoms with Gasteiger partial charge in [0.05, 0.1) is 6.54 Å². The average Bonchev–Trinajstić information content (AvgIpc) is 2.43. The van der Waals surface area contributed by atoms with Gasteiger partial charge in [-0.1, -0.05) is 58.0 Å². The molecule has 0 aliphatic rings. The van der Waals surface area contributed by atoms with Gasteiger partial charge in [-0.15, -0.1) is 0 Å². The Kier molecular flexibility index (Phi) is 6.40. The monoisotopic (exact) mass is 291 g/mol. The van der Waals surface area contributed by atoms with Crippen molar-refractivity contribution in [3.8, 4) is 0 Å². The molecule has 21 heavy (non-hydrogen) atoms. The zero-order valence-corrected chi connectivity index (χ0v) is 13.3. The summed E-state index contributed by atoms with van der Waals surface area (Å²) >= 11 is 0. The standard InChI is InChI=1S/C17H25NO3/c1-13(2)17(3,4)10-15(19)11-18-16(20)21-12-14-8-6-5-7-9-14/h5-9,13H,10-12H2,1-4H3,(H,18,20). The highest BCUT2D eigenvalue weighted by Crippen LogP contribution is 2.29. The summed E-state index contributed by atoms with van der Waals surface area (Å²) in [5, 5.41) is 2.50. The summed E-state index contributed by atoms with van der Waals surface area (Å²) in [5.41, 5.74) is 0.854. The molecule has 116 valence electrons. The van der Waals surface area contributed by atoms with E-state index < -0.39 is 6.09 Å². The second kappa shape index (κ2) is 7.81. The summed E-state index contributed by atoms with van der Waals surface area (Å²) in [6, 6.07) is 9.42. The molecule has 0 aliphatic heterocycles. The molecule has 0 fully saturated rings. The number of benzene rings is 1. The molecule has 1 aromatic rings. The Bertz CT molecular complexity index is 466. The topological polar surface area (TPSA) is 55.4 Å². The minimum absolute atomic E-state index is 0.0176. The third kappa shape index (κ3) is 6.43. The molecule has 0 spiro atoms. The van der Waals surface area contributed by atoms with Crippen molar-refractivity contribution < 1.29 is 14.3 Å². The number of rotatable bonds is 7. The fraction of sp³-hybridized carbons (Fsp3) is 0.529. The van der Waals surface area contributed by atoms with Crippen LogP contribution in [0.15, 0.2) is 30.3 Å². The van der Waals surface area contributed by atoms with Gasteiger partial charge in [0, 0.05) is 6.42 Å². The van der Waals surface area contributed by atoms with E-state index in [9.17, 15) is 9.59 Å². The Balaban J connectivity index is 2.28. The van der Waals surface area contributed by atoms with Crippen molar-refractivity contribution in [1.82, 2.24) is 5.32 Å². The molecule has 1 N–H and O–H groups in total. The van der Waals surface area contributed by atoms with E-state index >= 15 is 0 Å². The summed E-state index contributed by atoms with van der Waals surface area (Å²) in [7, 11) is 0. The van der Waals surface area contributed by atoms with Crippen molar-refractivity contribution in [2.75, 3.05) is 6.54 Å². The maximum Gasteiger partial charge on any atom is 0.407 e. The van der Waals surface area contributed by atoms with Crippen LogP contribution in [-0.4, -0.2) is 18.4 Å². The van der Waals surface area contributed by atoms with E-state index in [1.54, 1.807) is 0 Å². The lowest BCUT2D eigenvalue weighted by Gasteiger charge is -2.28. The zero-order valence-electron chi connectivity index (χ0n) is 13.3. The van der Waals surface area contributed by atoms with Crippen LogP contribution in [0.1, 0.15) is 39.7 Å². The van der Waals surface area contributed by atoms with Crippen molar-refractivity contribution in [2.24, 2.45) is 11.3 Å². The number of ketones is 1. The number of carbonyl (C=O) groups is 2. The fourth-order valence-corrected chi connectivity index (χ4v) is 1.72. The fourth-order valence-electron chi connectivity index (χ4n) is 1.72. The normalized spacial score (nSPS) is 11.3. The van der Waals surface area contributed by atoms with Crippen LogP contribution in [0.3, 0.4) is 0 Å². The molecule has 0 atom stereocenters. The van der Waals surface area contributed by atoms with Crippen molar-refractivity contribution in [1.29, 1.82) is 0 Å². The molecule has 0 aromatic heterocycles. The first-order valence-corrected chi connectivity index (χ1v) is 7.27. The Morgan fingerprint density at radius 2 is 1.81 bits per heavy atom. The van der Waals surface area contributed by atoms with Gasteiger partial charge < -0.3 is 10.1 Å². The van der Waals surface area contributed by atoms with E-state index in [-0.39, 0.29) is 24.3 Å². The SMILES string of the molecule is CC(C)C(C)(C)CC(=O)CNC(=O)OCc1ccccc1. The van der Waals surface area contributed by atoms with Crippen molar-refractivity contribution in [2.45, 2.75) is 40.7 Å². The van der Waals surface area contributed by atoms with Crippen molar-refractivity contribution >= 4 is 11.9 Å². The van der Waals surface area contributed by atoms with Crippen molar-refractivity contribution in [3.63, 3.8) is 0 Å². The van der Waals surface area contributed by atoms with Gasteiger partial charge >= 0.3 is 6.09 Å². The molecule has 0 heterocycles. The smallest absolute Gasteiger partial charge is 0.407 e. The molecule has 4 heteroatoms. The first-order valence-electron chi connectivity index (χ1n) is 7.27. The summed E-state index contributed by atoms with van der Waals surface area (Å²) in [4.78, 5) is 23.4. The van der Waals surface area contributed by atoms with Gasteiger partial charge in [0.1, 0.15) is 6.61 Å². The lowest BCUT2D eigenvalue weighted by Crippen LogP contribution is -2.33. The van der Waals surface area contributed by atoms with E-state index in [4.69, 9.17) is 4.74 Å². The van der Waals surface area contributed by atoms with Crippen LogP contribution < -0.4 is 5.32 Å². The maximum absolute atomic E-state index is 11.9. The van der Waals surface area contributed by atoms with Gasteiger partial charge in [-0.05, 0) is 16.9 Å². The highest BCUT2D eigenvalue weighted by Gasteiger charge is 2.25.